The summed E-state index contributed by atoms with van der Waals surface area (Å²) in [4.78, 5) is 13.7. The van der Waals surface area contributed by atoms with Crippen LogP contribution in [0.5, 0.6) is 5.88 Å². The molecule has 0 saturated heterocycles. The SMILES string of the molecule is COc1ccc(-c2ncnc3sccc23)cn1. The first-order valence-electron chi connectivity index (χ1n) is 5.07. The highest BCUT2D eigenvalue weighted by molar-refractivity contribution is 7.16. The van der Waals surface area contributed by atoms with Gasteiger partial charge in [-0.25, -0.2) is 15.0 Å². The second kappa shape index (κ2) is 4.10. The van der Waals surface area contributed by atoms with Crippen LogP contribution in [-0.4, -0.2) is 22.1 Å². The molecule has 0 aromatic carbocycles. The van der Waals surface area contributed by atoms with Gasteiger partial charge < -0.3 is 4.74 Å². The molecule has 3 heterocycles. The number of ether oxygens (including phenoxy) is 1. The molecule has 0 radical (unpaired) electrons. The Hall–Kier alpha value is -2.01. The van der Waals surface area contributed by atoms with Gasteiger partial charge in [0.1, 0.15) is 11.2 Å². The highest BCUT2D eigenvalue weighted by Crippen LogP contribution is 2.28. The standard InChI is InChI=1S/C12H9N3OS/c1-16-10-3-2-8(6-13-10)11-9-4-5-17-12(9)15-7-14-11/h2-7H,1H3. The van der Waals surface area contributed by atoms with Crippen molar-refractivity contribution in [1.29, 1.82) is 0 Å². The average molecular weight is 243 g/mol. The molecular formula is C12H9N3OS. The minimum absolute atomic E-state index is 0.601. The van der Waals surface area contributed by atoms with E-state index in [9.17, 15) is 0 Å². The van der Waals surface area contributed by atoms with Crippen molar-refractivity contribution in [3.63, 3.8) is 0 Å². The van der Waals surface area contributed by atoms with Crippen LogP contribution in [0.1, 0.15) is 0 Å². The zero-order valence-electron chi connectivity index (χ0n) is 9.12. The summed E-state index contributed by atoms with van der Waals surface area (Å²) in [5.41, 5.74) is 1.88. The van der Waals surface area contributed by atoms with Crippen LogP contribution < -0.4 is 4.74 Å². The molecule has 0 saturated carbocycles. The van der Waals surface area contributed by atoms with Crippen LogP contribution >= 0.6 is 11.3 Å². The lowest BCUT2D eigenvalue weighted by Gasteiger charge is -2.02. The fourth-order valence-corrected chi connectivity index (χ4v) is 2.39. The molecule has 3 aromatic heterocycles. The molecule has 0 N–H and O–H groups in total. The lowest BCUT2D eigenvalue weighted by Crippen LogP contribution is -1.89. The summed E-state index contributed by atoms with van der Waals surface area (Å²) in [6, 6.07) is 5.81. The van der Waals surface area contributed by atoms with E-state index in [-0.39, 0.29) is 0 Å². The second-order valence-electron chi connectivity index (χ2n) is 3.45. The van der Waals surface area contributed by atoms with Gasteiger partial charge in [-0.15, -0.1) is 11.3 Å². The number of aromatic nitrogens is 3. The van der Waals surface area contributed by atoms with Crippen LogP contribution in [0.4, 0.5) is 0 Å². The lowest BCUT2D eigenvalue weighted by molar-refractivity contribution is 0.398. The minimum Gasteiger partial charge on any atom is -0.481 e. The Balaban J connectivity index is 2.16. The Kier molecular flexibility index (Phi) is 2.45. The molecule has 0 atom stereocenters. The van der Waals surface area contributed by atoms with Crippen molar-refractivity contribution in [2.45, 2.75) is 0 Å². The summed E-state index contributed by atoms with van der Waals surface area (Å²) < 4.78 is 5.04. The van der Waals surface area contributed by atoms with E-state index in [1.807, 2.05) is 23.6 Å². The summed E-state index contributed by atoms with van der Waals surface area (Å²) in [6.07, 6.45) is 3.34. The van der Waals surface area contributed by atoms with Crippen molar-refractivity contribution in [2.75, 3.05) is 7.11 Å². The van der Waals surface area contributed by atoms with E-state index in [4.69, 9.17) is 4.74 Å². The summed E-state index contributed by atoms with van der Waals surface area (Å²) in [5, 5.41) is 3.07. The van der Waals surface area contributed by atoms with Crippen LogP contribution in [-0.2, 0) is 0 Å². The minimum atomic E-state index is 0.601. The van der Waals surface area contributed by atoms with E-state index in [1.165, 1.54) is 0 Å². The number of thiophene rings is 1. The first-order chi connectivity index (χ1) is 8.38. The van der Waals surface area contributed by atoms with E-state index in [1.54, 1.807) is 31.0 Å². The van der Waals surface area contributed by atoms with Gasteiger partial charge in [0.05, 0.1) is 12.8 Å². The van der Waals surface area contributed by atoms with Crippen LogP contribution in [0.15, 0.2) is 36.1 Å². The van der Waals surface area contributed by atoms with E-state index >= 15 is 0 Å². The van der Waals surface area contributed by atoms with E-state index in [0.717, 1.165) is 21.5 Å². The van der Waals surface area contributed by atoms with Gasteiger partial charge in [-0.3, -0.25) is 0 Å². The number of fused-ring (bicyclic) bond motifs is 1. The molecule has 0 unspecified atom stereocenters. The van der Waals surface area contributed by atoms with Gasteiger partial charge in [0.15, 0.2) is 0 Å². The number of rotatable bonds is 2. The van der Waals surface area contributed by atoms with Crippen LogP contribution in [0, 0.1) is 0 Å². The van der Waals surface area contributed by atoms with Gasteiger partial charge in [0.2, 0.25) is 5.88 Å². The van der Waals surface area contributed by atoms with Crippen molar-refractivity contribution in [3.05, 3.63) is 36.1 Å². The maximum absolute atomic E-state index is 5.04. The van der Waals surface area contributed by atoms with Crippen LogP contribution in [0.25, 0.3) is 21.5 Å². The van der Waals surface area contributed by atoms with E-state index in [0.29, 0.717) is 5.88 Å². The molecule has 4 nitrogen and oxygen atoms in total. The molecular weight excluding hydrogens is 234 g/mol. The van der Waals surface area contributed by atoms with Gasteiger partial charge in [-0.2, -0.15) is 0 Å². The fourth-order valence-electron chi connectivity index (χ4n) is 1.66. The van der Waals surface area contributed by atoms with Gasteiger partial charge in [-0.1, -0.05) is 0 Å². The highest BCUT2D eigenvalue weighted by Gasteiger charge is 2.07. The molecule has 0 amide bonds. The van der Waals surface area contributed by atoms with Crippen molar-refractivity contribution in [2.24, 2.45) is 0 Å². The second-order valence-corrected chi connectivity index (χ2v) is 4.35. The van der Waals surface area contributed by atoms with E-state index in [2.05, 4.69) is 15.0 Å². The third kappa shape index (κ3) is 1.74. The van der Waals surface area contributed by atoms with E-state index < -0.39 is 0 Å². The first-order valence-corrected chi connectivity index (χ1v) is 5.95. The molecule has 0 aliphatic rings. The summed E-state index contributed by atoms with van der Waals surface area (Å²) in [5.74, 6) is 0.601. The van der Waals surface area contributed by atoms with Crippen molar-refractivity contribution in [1.82, 2.24) is 15.0 Å². The predicted molar refractivity (Wildman–Crippen MR) is 67.2 cm³/mol. The lowest BCUT2D eigenvalue weighted by atomic mass is 10.1. The Labute approximate surface area is 102 Å². The van der Waals surface area contributed by atoms with Gasteiger partial charge in [-0.05, 0) is 17.5 Å². The molecule has 3 rings (SSSR count). The Morgan fingerprint density at radius 2 is 2.06 bits per heavy atom. The third-order valence-corrected chi connectivity index (χ3v) is 3.30. The average Bonchev–Trinajstić information content (AvgIpc) is 2.87. The van der Waals surface area contributed by atoms with Gasteiger partial charge in [0, 0.05) is 23.2 Å². The number of methoxy groups -OCH3 is 1. The van der Waals surface area contributed by atoms with Crippen molar-refractivity contribution in [3.8, 4) is 17.1 Å². The van der Waals surface area contributed by atoms with Crippen molar-refractivity contribution < 1.29 is 4.74 Å². The third-order valence-electron chi connectivity index (χ3n) is 2.48. The number of pyridine rings is 1. The molecule has 0 fully saturated rings. The summed E-state index contributed by atoms with van der Waals surface area (Å²) >= 11 is 1.61. The zero-order chi connectivity index (χ0) is 11.7. The molecule has 0 spiro atoms. The first kappa shape index (κ1) is 10.2. The molecule has 17 heavy (non-hydrogen) atoms. The summed E-state index contributed by atoms with van der Waals surface area (Å²) in [6.45, 7) is 0. The van der Waals surface area contributed by atoms with Crippen molar-refractivity contribution >= 4 is 21.6 Å². The molecule has 0 aliphatic heterocycles. The maximum atomic E-state index is 5.04. The number of nitrogens with zero attached hydrogens (tertiary/aromatic N) is 3. The quantitative estimate of drug-likeness (QED) is 0.694. The number of hydrogen-bond donors (Lipinski definition) is 0. The highest BCUT2D eigenvalue weighted by atomic mass is 32.1. The Morgan fingerprint density at radius 3 is 2.82 bits per heavy atom. The fraction of sp³-hybridized carbons (Fsp3) is 0.0833. The molecule has 84 valence electrons. The molecule has 0 bridgehead atoms. The van der Waals surface area contributed by atoms with Gasteiger partial charge in [0.25, 0.3) is 0 Å². The number of hydrogen-bond acceptors (Lipinski definition) is 5. The van der Waals surface area contributed by atoms with Crippen LogP contribution in [0.2, 0.25) is 0 Å². The normalized spacial score (nSPS) is 10.6. The topological polar surface area (TPSA) is 47.9 Å². The smallest absolute Gasteiger partial charge is 0.212 e. The monoisotopic (exact) mass is 243 g/mol. The largest absolute Gasteiger partial charge is 0.481 e. The maximum Gasteiger partial charge on any atom is 0.212 e. The summed E-state index contributed by atoms with van der Waals surface area (Å²) in [7, 11) is 1.60. The predicted octanol–water partition coefficient (Wildman–Crippen LogP) is 2.76. The Morgan fingerprint density at radius 1 is 1.12 bits per heavy atom. The van der Waals surface area contributed by atoms with Crippen LogP contribution in [0.3, 0.4) is 0 Å². The molecule has 3 aromatic rings. The molecule has 0 aliphatic carbocycles. The van der Waals surface area contributed by atoms with Gasteiger partial charge >= 0.3 is 0 Å². The molecule has 5 heteroatoms. The zero-order valence-corrected chi connectivity index (χ0v) is 9.94. The Bertz CT molecular complexity index is 648.